The third kappa shape index (κ3) is 50.8. The predicted molar refractivity (Wildman–Crippen MR) is 495 cm³/mol. The average Bonchev–Trinajstić information content (AvgIpc) is 1.60. The van der Waals surface area contributed by atoms with Gasteiger partial charge in [-0.05, 0) is 203 Å². The Labute approximate surface area is 846 Å². The van der Waals surface area contributed by atoms with Crippen molar-refractivity contribution in [1.82, 2.24) is 0 Å². The number of hydrogen-bond donors (Lipinski definition) is 3. The van der Waals surface area contributed by atoms with E-state index >= 15 is 0 Å². The van der Waals surface area contributed by atoms with Crippen LogP contribution >= 0.6 is 89.1 Å². The van der Waals surface area contributed by atoms with Gasteiger partial charge in [0.05, 0.1) is 63.5 Å². The number of aliphatic hydroxyl groups is 1. The van der Waals surface area contributed by atoms with Gasteiger partial charge in [0.1, 0.15) is 38.0 Å². The molecule has 44 heteroatoms. The molecule has 4 aromatic carbocycles. The van der Waals surface area contributed by atoms with Crippen LogP contribution in [0.15, 0.2) is 112 Å². The van der Waals surface area contributed by atoms with E-state index in [2.05, 4.69) is 94.8 Å². The van der Waals surface area contributed by atoms with Crippen molar-refractivity contribution in [3.05, 3.63) is 183 Å². The van der Waals surface area contributed by atoms with Gasteiger partial charge < -0.3 is 31.8 Å². The number of sulfonamides is 1. The molecule has 6 aliphatic rings. The first kappa shape index (κ1) is 132. The fourth-order valence-corrected chi connectivity index (χ4v) is 18.7. The average molecular weight is 2470 g/mol. The van der Waals surface area contributed by atoms with E-state index in [0.717, 1.165) is 87.2 Å². The number of methoxy groups -OCH3 is 2. The molecule has 0 bridgehead atoms. The summed E-state index contributed by atoms with van der Waals surface area (Å²) in [4.78, 5) is 0. The molecule has 0 radical (unpaired) electrons. The Morgan fingerprint density at radius 1 is 0.568 bits per heavy atom. The fourth-order valence-electron chi connectivity index (χ4n) is 9.63. The number of ether oxygens (including phenoxy) is 2. The van der Waals surface area contributed by atoms with Crippen molar-refractivity contribution in [2.24, 2.45) is 0 Å². The molecule has 4 N–H and O–H groups in total. The molecular formula is C81H121Cl2F6I3KLiN2O22OsS6. The number of hydrogen-bond acceptors (Lipinski definition) is 23. The number of benzene rings is 4. The second-order valence-corrected chi connectivity index (χ2v) is 47.7. The number of rotatable bonds is 34. The summed E-state index contributed by atoms with van der Waals surface area (Å²) in [6.07, 6.45) is 26.0. The van der Waals surface area contributed by atoms with E-state index < -0.39 is 127 Å². The Morgan fingerprint density at radius 3 is 1.18 bits per heavy atom. The predicted octanol–water partition coefficient (Wildman–Crippen LogP) is 15.2. The van der Waals surface area contributed by atoms with Crippen LogP contribution in [0, 0.1) is 49.0 Å². The third-order valence-corrected chi connectivity index (χ3v) is 32.1. The summed E-state index contributed by atoms with van der Waals surface area (Å²) in [6, 6.07) is 10.5. The molecule has 10 rings (SSSR count). The number of alkyl halides is 1. The number of aliphatic hydroxyl groups excluding tert-OH is 1. The fraction of sp³-hybridized carbons (Fsp3) is 0.568. The second kappa shape index (κ2) is 64.7. The molecule has 0 amide bonds. The standard InChI is InChI=1S/C20H19F3INO3S.C14H11F3INO.C10H18O3S.C7H14O3S.C6H9ClO2S.C6H10O3S.C4H10O.C4H9.C3H5ClO2S.C3H5I.C3H8.CH4.K.Li.4O.Os/c1-3-6-20(7-8-20)29(26,27)25-19-14(18(23)16(22)11-17(19)28-2)9-12-4-5-13(24)10-15(12)21;1-20-12-6-11(16)13(17)9(14(12)19)4-7-2-3-8(18)5-10(7)15;1-3-5-9-13-14(11,12)10(6-4-2)7-8-10;1-2-3-6-10-11(8,9)7-4-5-7;2*1-2-3-6(4-5-6)10(7,8)9;1-2-3-4-5;1-3-4-2;4-7(5,6)3-1-2-3;1-2-3-4;1-3-2;;;;;;;;/h3-5,10-11,25H,1,6-9H2,2H3;2-3,5-6H,4,19H2,1H3;4H,2-3,5-9H2,1H3;7H,2-6H2,1H3;2H,1,3-5H2;2H,1,3-5H2,(H,7,8,9);5H,2-4H2,1H3;1,3-4H2,2H3;3H,1-2H2;2H,1,3H2;3H2,1-2H3;1H4;;;;;;;/q;;;;;;;-1;;;;;2*+1;;;;;/p-1. The molecule has 6 fully saturated rings. The Balaban J connectivity index is -0.000000445. The molecule has 0 spiro atoms. The summed E-state index contributed by atoms with van der Waals surface area (Å²) < 4.78 is 285. The third-order valence-electron chi connectivity index (χ3n) is 17.8. The van der Waals surface area contributed by atoms with Crippen LogP contribution in [0.3, 0.4) is 0 Å². The van der Waals surface area contributed by atoms with Crippen molar-refractivity contribution in [3.63, 3.8) is 0 Å². The van der Waals surface area contributed by atoms with Gasteiger partial charge in [0.2, 0.25) is 28.1 Å². The normalized spacial score (nSPS) is 15.2. The van der Waals surface area contributed by atoms with Crippen LogP contribution in [0.1, 0.15) is 232 Å². The van der Waals surface area contributed by atoms with Crippen LogP contribution in [0.25, 0.3) is 0 Å². The van der Waals surface area contributed by atoms with Gasteiger partial charge in [-0.1, -0.05) is 146 Å². The zero-order chi connectivity index (χ0) is 94.5. The van der Waals surface area contributed by atoms with Gasteiger partial charge in [0.25, 0.3) is 20.2 Å². The second-order valence-electron chi connectivity index (χ2n) is 28.1. The zero-order valence-corrected chi connectivity index (χ0v) is 90.4. The van der Waals surface area contributed by atoms with E-state index in [1.54, 1.807) is 24.3 Å². The van der Waals surface area contributed by atoms with Gasteiger partial charge in [0, 0.05) is 75.6 Å². The number of nitrogen functional groups attached to an aromatic ring is 1. The molecule has 0 saturated heterocycles. The van der Waals surface area contributed by atoms with E-state index in [-0.39, 0.29) is 153 Å². The monoisotopic (exact) mass is 2470 g/mol. The molecule has 6 saturated carbocycles. The molecule has 24 nitrogen and oxygen atoms in total. The first-order valence-electron chi connectivity index (χ1n) is 38.6. The minimum atomic E-state index is -6.06. The Morgan fingerprint density at radius 2 is 0.912 bits per heavy atom. The summed E-state index contributed by atoms with van der Waals surface area (Å²) in [7, 11) is -8.43. The minimum absolute atomic E-state index is 0. The van der Waals surface area contributed by atoms with Gasteiger partial charge in [0.15, 0.2) is 23.3 Å². The molecule has 0 unspecified atom stereocenters. The first-order chi connectivity index (χ1) is 56.6. The molecule has 0 aliphatic heterocycles. The number of allylic oxidation sites excluding steroid dienone is 5. The van der Waals surface area contributed by atoms with Crippen molar-refractivity contribution in [3.8, 4) is 11.5 Å². The van der Waals surface area contributed by atoms with E-state index in [0.29, 0.717) is 97.6 Å². The molecule has 125 heavy (non-hydrogen) atoms. The maximum absolute atomic E-state index is 14.7. The Bertz CT molecular complexity index is 4900. The first-order valence-corrected chi connectivity index (χ1v) is 56.8. The maximum atomic E-state index is 14.7. The molecule has 0 atom stereocenters. The number of halogens is 11. The van der Waals surface area contributed by atoms with Gasteiger partial charge >= 0.3 is 99.2 Å². The van der Waals surface area contributed by atoms with E-state index in [1.165, 1.54) is 63.5 Å². The summed E-state index contributed by atoms with van der Waals surface area (Å²) in [5.41, 5.74) is 5.40. The van der Waals surface area contributed by atoms with Crippen LogP contribution in [0.2, 0.25) is 0 Å². The Hall–Kier alpha value is -1.26. The van der Waals surface area contributed by atoms with Crippen molar-refractivity contribution >= 4 is 159 Å². The molecule has 0 heterocycles. The molecule has 710 valence electrons. The van der Waals surface area contributed by atoms with Gasteiger partial charge in [-0.15, -0.1) is 32.9 Å². The van der Waals surface area contributed by atoms with E-state index in [9.17, 15) is 81.4 Å². The van der Waals surface area contributed by atoms with Gasteiger partial charge in [-0.25, -0.2) is 60.0 Å². The van der Waals surface area contributed by atoms with Crippen molar-refractivity contribution in [2.45, 2.75) is 252 Å². The van der Waals surface area contributed by atoms with E-state index in [1.807, 2.05) is 65.1 Å². The zero-order valence-electron chi connectivity index (χ0n) is 71.9. The summed E-state index contributed by atoms with van der Waals surface area (Å²) in [5, 5.41) is 7.67. The topological polar surface area (TPSA) is 391 Å². The van der Waals surface area contributed by atoms with Crippen LogP contribution in [-0.2, 0) is 109 Å². The summed E-state index contributed by atoms with van der Waals surface area (Å²) in [5.74, 6) is -5.85. The van der Waals surface area contributed by atoms with E-state index in [4.69, 9.17) is 64.2 Å². The number of anilines is 2. The SMILES string of the molecule is C.C=CCC1(S(=O)(=O)Cl)CC1.C=CCC1(S(=O)(=O)Nc2c(OC)cc(F)c(F)c2Cc2ccc(I)cc2F)CC1.C=CCC1(S(=O)(=O)OCCCC)CC1.C=CCC1(S(=O)(=O)[O-])CC1.C=CCI.CCC.CCCCO.CCCCOS(=O)(=O)C1CC1.COc1cc(F)c(F)c(Cc2ccc(I)cc2F)c1N.O=S(=O)(Cl)C1CC1.[CH2-]CCC.[K+].[Li+].[O]=[Os](=[O])(=[O])=[O]. The number of nitrogens with one attached hydrogen (secondary N) is 1. The quantitative estimate of drug-likeness (QED) is 0.00334. The van der Waals surface area contributed by atoms with Crippen LogP contribution in [0.5, 0.6) is 11.5 Å². The van der Waals surface area contributed by atoms with Crippen molar-refractivity contribution in [1.29, 1.82) is 0 Å². The van der Waals surface area contributed by atoms with Crippen molar-refractivity contribution < 1.29 is 204 Å². The molecular weight excluding hydrogens is 2350 g/mol. The van der Waals surface area contributed by atoms with Gasteiger partial charge in [-0.2, -0.15) is 23.3 Å². The van der Waals surface area contributed by atoms with Gasteiger partial charge in [-0.3, -0.25) is 13.1 Å². The number of unbranched alkanes of at least 4 members (excludes halogenated alkanes) is 4. The number of nitrogens with two attached hydrogens (primary N) is 1. The van der Waals surface area contributed by atoms with Crippen LogP contribution < -0.4 is 90.2 Å². The van der Waals surface area contributed by atoms with Crippen LogP contribution in [-0.4, -0.2) is 128 Å². The molecule has 0 aromatic heterocycles. The Kier molecular flexibility index (Phi) is 68.4. The summed E-state index contributed by atoms with van der Waals surface area (Å²) >= 11 is 0.0728. The molecule has 4 aromatic rings. The summed E-state index contributed by atoms with van der Waals surface area (Å²) in [6.45, 7) is 34.6. The molecule has 6 aliphatic carbocycles. The van der Waals surface area contributed by atoms with Crippen molar-refractivity contribution in [2.75, 3.05) is 48.9 Å². The van der Waals surface area contributed by atoms with Crippen LogP contribution in [0.4, 0.5) is 37.7 Å².